The van der Waals surface area contributed by atoms with Gasteiger partial charge in [-0.15, -0.1) is 0 Å². The van der Waals surface area contributed by atoms with Crippen molar-refractivity contribution in [3.63, 3.8) is 0 Å². The fraction of sp³-hybridized carbons (Fsp3) is 0.654. The van der Waals surface area contributed by atoms with Gasteiger partial charge in [-0.25, -0.2) is 0 Å². The maximum absolute atomic E-state index is 6.28. The summed E-state index contributed by atoms with van der Waals surface area (Å²) in [6.45, 7) is 28.4. The summed E-state index contributed by atoms with van der Waals surface area (Å²) in [4.78, 5) is 0. The van der Waals surface area contributed by atoms with Gasteiger partial charge in [0, 0.05) is 0 Å². The Hall–Kier alpha value is 1.08. The maximum atomic E-state index is 6.28. The van der Waals surface area contributed by atoms with Gasteiger partial charge < -0.3 is 24.8 Å². The first-order valence-electron chi connectivity index (χ1n) is 12.8. The minimum absolute atomic E-state index is 0. The molecule has 0 amide bonds. The molecule has 200 valence electrons. The molecular formula is C26H50Cl2O2Si4Zr. The average molecular weight is 669 g/mol. The molecule has 0 fully saturated rings. The standard InChI is InChI=1S/2C12H23OSi2.C2H4.2ClH.Zr/c2*1-14(2,3)13-10-11-15(4,5)12-8-6-7-9-12;1-2;;;/h2*6,8H,7,10-11H2,1-5H3;1H,2H3;2*1H;/q;;;;;+2/p-2. The van der Waals surface area contributed by atoms with Crippen molar-refractivity contribution >= 4 is 36.5 Å². The van der Waals surface area contributed by atoms with Crippen LogP contribution in [0.5, 0.6) is 0 Å². The van der Waals surface area contributed by atoms with Crippen LogP contribution in [0.15, 0.2) is 41.3 Å². The van der Waals surface area contributed by atoms with Crippen LogP contribution in [0, 0.1) is 0 Å². The number of rotatable bonds is 12. The molecule has 0 radical (unpaired) electrons. The van der Waals surface area contributed by atoms with Crippen LogP contribution in [0.3, 0.4) is 0 Å². The molecule has 0 heterocycles. The molecule has 0 aromatic carbocycles. The van der Waals surface area contributed by atoms with E-state index in [0.29, 0.717) is 0 Å². The Morgan fingerprint density at radius 1 is 0.686 bits per heavy atom. The molecule has 9 heteroatoms. The summed E-state index contributed by atoms with van der Waals surface area (Å²) in [6.07, 6.45) is 12.4. The van der Waals surface area contributed by atoms with E-state index in [1.165, 1.54) is 24.9 Å². The van der Waals surface area contributed by atoms with Gasteiger partial charge in [0.05, 0.1) is 0 Å². The number of hydrogen-bond donors (Lipinski definition) is 0. The van der Waals surface area contributed by atoms with Crippen molar-refractivity contribution < 1.29 is 54.9 Å². The minimum Gasteiger partial charge on any atom is -1.00 e. The number of allylic oxidation sites excluding steroid dienone is 8. The van der Waals surface area contributed by atoms with Crippen molar-refractivity contribution in [2.24, 2.45) is 0 Å². The quantitative estimate of drug-likeness (QED) is 0.297. The molecule has 0 N–H and O–H groups in total. The largest absolute Gasteiger partial charge is 1.00 e. The monoisotopic (exact) mass is 666 g/mol. The Kier molecular flexibility index (Phi) is 14.9. The van der Waals surface area contributed by atoms with Crippen LogP contribution in [-0.2, 0) is 30.1 Å². The van der Waals surface area contributed by atoms with Crippen LogP contribution in [-0.4, -0.2) is 49.7 Å². The molecule has 0 saturated heterocycles. The van der Waals surface area contributed by atoms with Gasteiger partial charge in [-0.05, 0) is 0 Å². The maximum Gasteiger partial charge on any atom is -1.00 e. The normalized spacial score (nSPS) is 16.3. The SMILES string of the molecule is C[CH]=[Zr+2]([C]1=C([Si](C)(C)CCO[Si](C)(C)C)C=CC1)[C]1=C([Si](C)(C)CCO[Si](C)(C)C)C=CC1.[Cl-].[Cl-]. The van der Waals surface area contributed by atoms with Crippen molar-refractivity contribution in [1.82, 2.24) is 0 Å². The van der Waals surface area contributed by atoms with E-state index < -0.39 is 54.0 Å². The van der Waals surface area contributed by atoms with Crippen LogP contribution >= 0.6 is 0 Å². The van der Waals surface area contributed by atoms with E-state index in [1.807, 2.05) is 6.56 Å². The molecule has 2 nitrogen and oxygen atoms in total. The summed E-state index contributed by atoms with van der Waals surface area (Å²) >= 11 is -1.98. The molecule has 0 unspecified atom stereocenters. The average Bonchev–Trinajstić information content (AvgIpc) is 3.30. The van der Waals surface area contributed by atoms with Gasteiger partial charge in [0.15, 0.2) is 0 Å². The second-order valence-corrected chi connectivity index (χ2v) is 37.9. The van der Waals surface area contributed by atoms with Gasteiger partial charge in [0.25, 0.3) is 0 Å². The predicted octanol–water partition coefficient (Wildman–Crippen LogP) is 2.06. The van der Waals surface area contributed by atoms with Crippen LogP contribution in [0.1, 0.15) is 19.8 Å². The van der Waals surface area contributed by atoms with Gasteiger partial charge in [-0.1, -0.05) is 0 Å². The molecule has 0 atom stereocenters. The van der Waals surface area contributed by atoms with Crippen LogP contribution in [0.4, 0.5) is 0 Å². The Balaban J connectivity index is 0.00000578. The second kappa shape index (κ2) is 14.5. The first-order chi connectivity index (χ1) is 15.1. The summed E-state index contributed by atoms with van der Waals surface area (Å²) < 4.78 is 19.0. The molecule has 0 aromatic heterocycles. The Morgan fingerprint density at radius 2 is 1.03 bits per heavy atom. The van der Waals surface area contributed by atoms with Crippen LogP contribution in [0.25, 0.3) is 0 Å². The van der Waals surface area contributed by atoms with E-state index >= 15 is 0 Å². The molecular weight excluding hydrogens is 619 g/mol. The molecule has 0 saturated carbocycles. The molecule has 2 rings (SSSR count). The molecule has 2 aliphatic carbocycles. The fourth-order valence-corrected chi connectivity index (χ4v) is 24.1. The van der Waals surface area contributed by atoms with Crippen molar-refractivity contribution in [2.45, 2.75) is 97.3 Å². The Bertz CT molecular complexity index is 809. The zero-order valence-corrected chi connectivity index (χ0v) is 32.2. The summed E-state index contributed by atoms with van der Waals surface area (Å²) in [7, 11) is -5.88. The summed E-state index contributed by atoms with van der Waals surface area (Å²) in [5.41, 5.74) is 0. The number of hydrogen-bond acceptors (Lipinski definition) is 2. The van der Waals surface area contributed by atoms with E-state index in [2.05, 4.69) is 100 Å². The zero-order chi connectivity index (χ0) is 25.1. The molecule has 0 aromatic rings. The Labute approximate surface area is 241 Å². The first kappa shape index (κ1) is 36.1. The Morgan fingerprint density at radius 3 is 1.31 bits per heavy atom. The predicted molar refractivity (Wildman–Crippen MR) is 156 cm³/mol. The van der Waals surface area contributed by atoms with Crippen molar-refractivity contribution in [1.29, 1.82) is 0 Å². The van der Waals surface area contributed by atoms with Crippen LogP contribution < -0.4 is 24.8 Å². The van der Waals surface area contributed by atoms with Gasteiger partial charge in [0.1, 0.15) is 0 Å². The zero-order valence-electron chi connectivity index (χ0n) is 24.2. The summed E-state index contributed by atoms with van der Waals surface area (Å²) in [5, 5.41) is 3.55. The molecule has 35 heavy (non-hydrogen) atoms. The van der Waals surface area contributed by atoms with E-state index in [9.17, 15) is 0 Å². The summed E-state index contributed by atoms with van der Waals surface area (Å²) in [6, 6.07) is 2.50. The third-order valence-electron chi connectivity index (χ3n) is 6.78. The second-order valence-electron chi connectivity index (χ2n) is 12.9. The molecule has 0 spiro atoms. The van der Waals surface area contributed by atoms with E-state index in [-0.39, 0.29) is 24.8 Å². The van der Waals surface area contributed by atoms with E-state index in [1.54, 1.807) is 10.4 Å². The van der Waals surface area contributed by atoms with Gasteiger partial charge >= 0.3 is 218 Å². The molecule has 0 bridgehead atoms. The van der Waals surface area contributed by atoms with Crippen molar-refractivity contribution in [3.05, 3.63) is 41.3 Å². The van der Waals surface area contributed by atoms with Gasteiger partial charge in [-0.2, -0.15) is 0 Å². The van der Waals surface area contributed by atoms with Crippen molar-refractivity contribution in [3.8, 4) is 0 Å². The molecule has 2 aliphatic rings. The molecule has 0 aliphatic heterocycles. The fourth-order valence-electron chi connectivity index (χ4n) is 4.81. The smallest absolute Gasteiger partial charge is 1.00 e. The third kappa shape index (κ3) is 11.0. The third-order valence-corrected chi connectivity index (χ3v) is 23.9. The summed E-state index contributed by atoms with van der Waals surface area (Å²) in [5.74, 6) is 0. The van der Waals surface area contributed by atoms with Gasteiger partial charge in [0.2, 0.25) is 0 Å². The van der Waals surface area contributed by atoms with E-state index in [0.717, 1.165) is 13.2 Å². The van der Waals surface area contributed by atoms with Gasteiger partial charge in [-0.3, -0.25) is 0 Å². The van der Waals surface area contributed by atoms with E-state index in [4.69, 9.17) is 8.85 Å². The minimum atomic E-state index is -1.98. The topological polar surface area (TPSA) is 18.5 Å². The number of halogens is 2. The first-order valence-corrected chi connectivity index (χ1v) is 29.9. The van der Waals surface area contributed by atoms with Crippen LogP contribution in [0.2, 0.25) is 77.6 Å². The van der Waals surface area contributed by atoms with Crippen molar-refractivity contribution in [2.75, 3.05) is 13.2 Å².